The van der Waals surface area contributed by atoms with E-state index in [-0.39, 0.29) is 12.1 Å². The Bertz CT molecular complexity index is 1120. The number of aromatic nitrogens is 4. The lowest BCUT2D eigenvalue weighted by Crippen LogP contribution is -2.23. The van der Waals surface area contributed by atoms with Gasteiger partial charge in [-0.1, -0.05) is 71.9 Å². The highest BCUT2D eigenvalue weighted by Gasteiger charge is 2.10. The number of hydrogen-bond donors (Lipinski definition) is 0. The molecule has 0 spiro atoms. The van der Waals surface area contributed by atoms with Crippen molar-refractivity contribution in [2.24, 2.45) is 0 Å². The Morgan fingerprint density at radius 3 is 2.54 bits per heavy atom. The summed E-state index contributed by atoms with van der Waals surface area (Å²) in [5, 5.41) is 13.0. The van der Waals surface area contributed by atoms with Gasteiger partial charge in [-0.2, -0.15) is 5.10 Å². The minimum Gasteiger partial charge on any atom is -0.414 e. The van der Waals surface area contributed by atoms with Crippen molar-refractivity contribution in [2.75, 3.05) is 0 Å². The van der Waals surface area contributed by atoms with E-state index in [9.17, 15) is 4.79 Å². The molecule has 0 saturated carbocycles. The normalized spacial score (nSPS) is 10.9. The van der Waals surface area contributed by atoms with Crippen molar-refractivity contribution in [3.63, 3.8) is 0 Å². The summed E-state index contributed by atoms with van der Waals surface area (Å²) in [6.07, 6.45) is 0. The lowest BCUT2D eigenvalue weighted by atomic mass is 10.1. The zero-order chi connectivity index (χ0) is 19.3. The predicted molar refractivity (Wildman–Crippen MR) is 108 cm³/mol. The standard InChI is InChI=1S/C21H18N4O2S/c1-15-7-9-16(10-8-15)14-28-21-23-22-19(27-21)13-25-20(26)12-11-18(24-25)17-5-3-2-4-6-17/h2-12H,13-14H2,1H3. The molecule has 0 radical (unpaired) electrons. The summed E-state index contributed by atoms with van der Waals surface area (Å²) in [6.45, 7) is 2.20. The summed E-state index contributed by atoms with van der Waals surface area (Å²) in [7, 11) is 0. The molecule has 0 aliphatic carbocycles. The van der Waals surface area contributed by atoms with Crippen LogP contribution in [0.1, 0.15) is 17.0 Å². The second kappa shape index (κ2) is 8.22. The molecule has 28 heavy (non-hydrogen) atoms. The van der Waals surface area contributed by atoms with E-state index in [1.54, 1.807) is 6.07 Å². The first-order chi connectivity index (χ1) is 13.7. The largest absolute Gasteiger partial charge is 0.414 e. The second-order valence-electron chi connectivity index (χ2n) is 6.32. The molecule has 0 fully saturated rings. The van der Waals surface area contributed by atoms with Gasteiger partial charge in [-0.15, -0.1) is 10.2 Å². The summed E-state index contributed by atoms with van der Waals surface area (Å²) < 4.78 is 7.01. The number of aryl methyl sites for hydroxylation is 1. The number of hydrogen-bond acceptors (Lipinski definition) is 6. The molecule has 4 rings (SSSR count). The van der Waals surface area contributed by atoms with Gasteiger partial charge in [-0.25, -0.2) is 4.68 Å². The van der Waals surface area contributed by atoms with E-state index < -0.39 is 0 Å². The Kier molecular flexibility index (Phi) is 5.34. The number of thioether (sulfide) groups is 1. The van der Waals surface area contributed by atoms with Crippen LogP contribution in [0, 0.1) is 6.92 Å². The molecule has 140 valence electrons. The van der Waals surface area contributed by atoms with Crippen LogP contribution in [0.4, 0.5) is 0 Å². The number of benzene rings is 2. The molecule has 0 atom stereocenters. The maximum atomic E-state index is 12.2. The van der Waals surface area contributed by atoms with Gasteiger partial charge in [0.25, 0.3) is 10.8 Å². The van der Waals surface area contributed by atoms with Gasteiger partial charge in [-0.3, -0.25) is 4.79 Å². The summed E-state index contributed by atoms with van der Waals surface area (Å²) in [6, 6.07) is 21.2. The highest BCUT2D eigenvalue weighted by atomic mass is 32.2. The minimum absolute atomic E-state index is 0.137. The van der Waals surface area contributed by atoms with Gasteiger partial charge in [0.15, 0.2) is 0 Å². The Labute approximate surface area is 166 Å². The maximum absolute atomic E-state index is 12.2. The lowest BCUT2D eigenvalue weighted by Gasteiger charge is -2.05. The average molecular weight is 390 g/mol. The van der Waals surface area contributed by atoms with Crippen molar-refractivity contribution >= 4 is 11.8 Å². The molecule has 0 aliphatic rings. The molecule has 0 amide bonds. The van der Waals surface area contributed by atoms with Crippen LogP contribution in [-0.2, 0) is 12.3 Å². The van der Waals surface area contributed by atoms with E-state index >= 15 is 0 Å². The van der Waals surface area contributed by atoms with E-state index in [0.717, 1.165) is 11.3 Å². The molecule has 0 N–H and O–H groups in total. The van der Waals surface area contributed by atoms with Crippen molar-refractivity contribution in [1.29, 1.82) is 0 Å². The van der Waals surface area contributed by atoms with E-state index in [2.05, 4.69) is 46.5 Å². The van der Waals surface area contributed by atoms with Crippen LogP contribution < -0.4 is 5.56 Å². The Morgan fingerprint density at radius 1 is 0.964 bits per heavy atom. The molecule has 4 aromatic rings. The number of nitrogens with zero attached hydrogens (tertiary/aromatic N) is 4. The zero-order valence-electron chi connectivity index (χ0n) is 15.3. The third kappa shape index (κ3) is 4.37. The van der Waals surface area contributed by atoms with Crippen molar-refractivity contribution in [2.45, 2.75) is 24.4 Å². The smallest absolute Gasteiger partial charge is 0.276 e. The second-order valence-corrected chi connectivity index (χ2v) is 7.24. The van der Waals surface area contributed by atoms with Crippen LogP contribution in [0.2, 0.25) is 0 Å². The van der Waals surface area contributed by atoms with Crippen molar-refractivity contribution in [3.05, 3.63) is 94.1 Å². The van der Waals surface area contributed by atoms with E-state index in [0.29, 0.717) is 16.8 Å². The quantitative estimate of drug-likeness (QED) is 0.464. The fourth-order valence-electron chi connectivity index (χ4n) is 2.64. The zero-order valence-corrected chi connectivity index (χ0v) is 16.1. The third-order valence-corrected chi connectivity index (χ3v) is 5.04. The predicted octanol–water partition coefficient (Wildman–Crippen LogP) is 3.94. The number of rotatable bonds is 6. The Balaban J connectivity index is 1.46. The Hall–Kier alpha value is -3.19. The monoisotopic (exact) mass is 390 g/mol. The molecular formula is C21H18N4O2S. The van der Waals surface area contributed by atoms with Crippen molar-refractivity contribution < 1.29 is 4.42 Å². The van der Waals surface area contributed by atoms with Gasteiger partial charge >= 0.3 is 0 Å². The van der Waals surface area contributed by atoms with Crippen molar-refractivity contribution in [1.82, 2.24) is 20.0 Å². The fourth-order valence-corrected chi connectivity index (χ4v) is 3.38. The Morgan fingerprint density at radius 2 is 1.75 bits per heavy atom. The molecule has 2 aromatic carbocycles. The minimum atomic E-state index is -0.216. The topological polar surface area (TPSA) is 73.8 Å². The van der Waals surface area contributed by atoms with E-state index in [4.69, 9.17) is 4.42 Å². The molecular weight excluding hydrogens is 372 g/mol. The molecule has 0 saturated heterocycles. The SMILES string of the molecule is Cc1ccc(CSc2nnc(Cn3nc(-c4ccccc4)ccc3=O)o2)cc1. The van der Waals surface area contributed by atoms with Gasteiger partial charge in [0, 0.05) is 17.4 Å². The van der Waals surface area contributed by atoms with E-state index in [1.807, 2.05) is 30.3 Å². The van der Waals surface area contributed by atoms with Crippen LogP contribution in [0.15, 0.2) is 81.2 Å². The van der Waals surface area contributed by atoms with Crippen LogP contribution in [0.5, 0.6) is 0 Å². The summed E-state index contributed by atoms with van der Waals surface area (Å²) in [4.78, 5) is 12.2. The van der Waals surface area contributed by atoms with Crippen LogP contribution >= 0.6 is 11.8 Å². The molecule has 2 aromatic heterocycles. The van der Waals surface area contributed by atoms with Crippen LogP contribution in [0.3, 0.4) is 0 Å². The first kappa shape index (κ1) is 18.2. The maximum Gasteiger partial charge on any atom is 0.276 e. The molecule has 2 heterocycles. The van der Waals surface area contributed by atoms with Gasteiger partial charge in [-0.05, 0) is 18.6 Å². The highest BCUT2D eigenvalue weighted by molar-refractivity contribution is 7.98. The van der Waals surface area contributed by atoms with Gasteiger partial charge < -0.3 is 4.42 Å². The lowest BCUT2D eigenvalue weighted by molar-refractivity contribution is 0.394. The molecule has 0 unspecified atom stereocenters. The summed E-state index contributed by atoms with van der Waals surface area (Å²) in [5.41, 5.74) is 3.85. The van der Waals surface area contributed by atoms with Crippen molar-refractivity contribution in [3.8, 4) is 11.3 Å². The van der Waals surface area contributed by atoms with Gasteiger partial charge in [0.05, 0.1) is 5.69 Å². The van der Waals surface area contributed by atoms with Crippen LogP contribution in [0.25, 0.3) is 11.3 Å². The van der Waals surface area contributed by atoms with Gasteiger partial charge in [0.1, 0.15) is 6.54 Å². The molecule has 7 heteroatoms. The first-order valence-corrected chi connectivity index (χ1v) is 9.80. The first-order valence-electron chi connectivity index (χ1n) is 8.82. The third-order valence-electron chi connectivity index (χ3n) is 4.15. The molecule has 0 aliphatic heterocycles. The fraction of sp³-hybridized carbons (Fsp3) is 0.143. The summed E-state index contributed by atoms with van der Waals surface area (Å²) in [5.74, 6) is 1.09. The van der Waals surface area contributed by atoms with Gasteiger partial charge in [0.2, 0.25) is 5.89 Å². The van der Waals surface area contributed by atoms with E-state index in [1.165, 1.54) is 33.6 Å². The van der Waals surface area contributed by atoms with Crippen LogP contribution in [-0.4, -0.2) is 20.0 Å². The molecule has 0 bridgehead atoms. The summed E-state index contributed by atoms with van der Waals surface area (Å²) >= 11 is 1.47. The average Bonchev–Trinajstić information content (AvgIpc) is 3.17. The molecule has 6 nitrogen and oxygen atoms in total. The highest BCUT2D eigenvalue weighted by Crippen LogP contribution is 2.22.